The number of nitrogens with zero attached hydrogens (tertiary/aromatic N) is 3. The highest BCUT2D eigenvalue weighted by Gasteiger charge is 2.11. The first-order valence-corrected chi connectivity index (χ1v) is 11.8. The number of aliphatic imine (C=N–C) groups is 2. The highest BCUT2D eigenvalue weighted by Crippen LogP contribution is 2.20. The van der Waals surface area contributed by atoms with Crippen LogP contribution < -0.4 is 20.7 Å². The number of carbonyl (C=O) groups is 1. The Labute approximate surface area is 196 Å². The maximum absolute atomic E-state index is 12.6. The molecular weight excluding hydrogens is 436 g/mol. The van der Waals surface area contributed by atoms with Gasteiger partial charge in [0.15, 0.2) is 5.96 Å². The van der Waals surface area contributed by atoms with Gasteiger partial charge < -0.3 is 15.4 Å². The molecule has 1 saturated heterocycles. The first kappa shape index (κ1) is 22.5. The third-order valence-electron chi connectivity index (χ3n) is 4.75. The number of carbonyl (C=O) groups excluding carboxylic acids is 1. The molecule has 1 aliphatic heterocycles. The van der Waals surface area contributed by atoms with Crippen LogP contribution in [-0.4, -0.2) is 42.5 Å². The monoisotopic (exact) mass is 462 g/mol. The summed E-state index contributed by atoms with van der Waals surface area (Å²) in [6, 6.07) is 18.4. The van der Waals surface area contributed by atoms with Gasteiger partial charge in [-0.1, -0.05) is 36.4 Å². The number of thiazole rings is 1. The smallest absolute Gasteiger partial charge is 0.297 e. The molecule has 0 atom stereocenters. The van der Waals surface area contributed by atoms with Crippen LogP contribution in [0.25, 0.3) is 0 Å². The summed E-state index contributed by atoms with van der Waals surface area (Å²) in [5.41, 5.74) is 1.52. The molecule has 8 nitrogen and oxygen atoms in total. The summed E-state index contributed by atoms with van der Waals surface area (Å²) in [6.07, 6.45) is 2.61. The maximum atomic E-state index is 12.6. The number of rotatable bonds is 7. The molecule has 3 N–H and O–H groups in total. The molecule has 1 aliphatic rings. The molecule has 1 aromatic heterocycles. The highest BCUT2D eigenvalue weighted by atomic mass is 32.1. The fraction of sp³-hybridized carbons (Fsp3) is 0.250. The fourth-order valence-corrected chi connectivity index (χ4v) is 3.82. The van der Waals surface area contributed by atoms with Crippen molar-refractivity contribution in [1.82, 2.24) is 20.9 Å². The number of benzene rings is 2. The first-order valence-electron chi connectivity index (χ1n) is 10.9. The molecule has 0 saturated carbocycles. The molecule has 2 aromatic carbocycles. The molecule has 0 spiro atoms. The second-order valence-corrected chi connectivity index (χ2v) is 8.15. The van der Waals surface area contributed by atoms with Gasteiger partial charge in [0.1, 0.15) is 5.75 Å². The second kappa shape index (κ2) is 11.8. The van der Waals surface area contributed by atoms with Gasteiger partial charge in [-0.25, -0.2) is 9.98 Å². The van der Waals surface area contributed by atoms with E-state index in [1.165, 1.54) is 11.3 Å². The van der Waals surface area contributed by atoms with Crippen molar-refractivity contribution in [2.24, 2.45) is 9.98 Å². The number of hydrogen-bond donors (Lipinski definition) is 3. The van der Waals surface area contributed by atoms with Crippen molar-refractivity contribution >= 4 is 34.4 Å². The van der Waals surface area contributed by atoms with Crippen molar-refractivity contribution in [2.75, 3.05) is 19.6 Å². The Bertz CT molecular complexity index is 1090. The van der Waals surface area contributed by atoms with Crippen molar-refractivity contribution < 1.29 is 9.53 Å². The van der Waals surface area contributed by atoms with Crippen molar-refractivity contribution in [3.8, 4) is 5.75 Å². The van der Waals surface area contributed by atoms with Crippen molar-refractivity contribution in [2.45, 2.75) is 19.3 Å². The molecule has 0 aliphatic carbocycles. The summed E-state index contributed by atoms with van der Waals surface area (Å²) >= 11 is 1.52. The molecule has 9 heteroatoms. The zero-order chi connectivity index (χ0) is 22.7. The van der Waals surface area contributed by atoms with Crippen molar-refractivity contribution in [3.05, 3.63) is 77.3 Å². The SMILES string of the molecule is O=C(N/C(=N/CCCc1csc(N=C2NCCCN2)n1)Oc1ccccc1)c1ccccc1. The Morgan fingerprint density at radius 3 is 2.55 bits per heavy atom. The minimum absolute atomic E-state index is 0.176. The Morgan fingerprint density at radius 1 is 1.06 bits per heavy atom. The van der Waals surface area contributed by atoms with Gasteiger partial charge in [0.2, 0.25) is 5.13 Å². The van der Waals surface area contributed by atoms with E-state index in [0.717, 1.165) is 49.1 Å². The predicted molar refractivity (Wildman–Crippen MR) is 131 cm³/mol. The van der Waals surface area contributed by atoms with E-state index in [4.69, 9.17) is 4.74 Å². The fourth-order valence-electron chi connectivity index (χ4n) is 3.10. The highest BCUT2D eigenvalue weighted by molar-refractivity contribution is 7.13. The molecule has 2 heterocycles. The largest absolute Gasteiger partial charge is 0.426 e. The molecule has 3 aromatic rings. The average Bonchev–Trinajstić information content (AvgIpc) is 3.30. The van der Waals surface area contributed by atoms with E-state index < -0.39 is 0 Å². The van der Waals surface area contributed by atoms with Crippen LogP contribution in [0, 0.1) is 0 Å². The molecule has 4 rings (SSSR count). The van der Waals surface area contributed by atoms with Crippen LogP contribution in [0.4, 0.5) is 5.13 Å². The number of guanidine groups is 1. The van der Waals surface area contributed by atoms with Crippen LogP contribution in [0.2, 0.25) is 0 Å². The Balaban J connectivity index is 1.34. The number of hydrogen-bond acceptors (Lipinski definition) is 6. The summed E-state index contributed by atoms with van der Waals surface area (Å²) in [5.74, 6) is 1.12. The van der Waals surface area contributed by atoms with E-state index in [9.17, 15) is 4.79 Å². The number of para-hydroxylation sites is 1. The van der Waals surface area contributed by atoms with Crippen LogP contribution in [-0.2, 0) is 6.42 Å². The Morgan fingerprint density at radius 2 is 1.79 bits per heavy atom. The summed E-state index contributed by atoms with van der Waals surface area (Å²) in [6.45, 7) is 2.34. The summed E-state index contributed by atoms with van der Waals surface area (Å²) in [4.78, 5) is 26.1. The normalized spacial score (nSPS) is 13.6. The van der Waals surface area contributed by atoms with Crippen LogP contribution in [0.1, 0.15) is 28.9 Å². The van der Waals surface area contributed by atoms with E-state index >= 15 is 0 Å². The number of amidine groups is 1. The van der Waals surface area contributed by atoms with Crippen molar-refractivity contribution in [1.29, 1.82) is 0 Å². The molecule has 170 valence electrons. The quantitative estimate of drug-likeness (QED) is 0.283. The summed E-state index contributed by atoms with van der Waals surface area (Å²) in [7, 11) is 0. The van der Waals surface area contributed by atoms with E-state index in [1.54, 1.807) is 12.1 Å². The van der Waals surface area contributed by atoms with Gasteiger partial charge in [0.05, 0.1) is 5.69 Å². The number of amides is 1. The number of ether oxygens (including phenoxy) is 1. The molecule has 1 fully saturated rings. The van der Waals surface area contributed by atoms with E-state index in [-0.39, 0.29) is 11.9 Å². The minimum Gasteiger partial charge on any atom is -0.426 e. The first-order chi connectivity index (χ1) is 16.3. The number of nitrogens with one attached hydrogen (secondary N) is 3. The van der Waals surface area contributed by atoms with Crippen LogP contribution in [0.3, 0.4) is 0 Å². The molecular formula is C24H26N6O2S. The average molecular weight is 463 g/mol. The maximum Gasteiger partial charge on any atom is 0.297 e. The van der Waals surface area contributed by atoms with Gasteiger partial charge in [-0.2, -0.15) is 4.99 Å². The van der Waals surface area contributed by atoms with Crippen LogP contribution in [0.15, 0.2) is 76.0 Å². The molecule has 0 unspecified atom stereocenters. The number of aryl methyl sites for hydroxylation is 1. The standard InChI is InChI=1S/C24H26N6O2S/c31-21(18-9-3-1-4-10-18)29-23(32-20-12-5-2-6-13-20)27-14-7-11-19-17-33-24(28-19)30-22-25-15-8-16-26-22/h1-6,9-10,12-13,17H,7-8,11,14-16H2,(H,27,29,31)(H2,25,26,28,30). The molecule has 0 radical (unpaired) electrons. The molecule has 1 amide bonds. The van der Waals surface area contributed by atoms with E-state index in [1.807, 2.05) is 53.9 Å². The minimum atomic E-state index is -0.265. The second-order valence-electron chi connectivity index (χ2n) is 7.31. The van der Waals surface area contributed by atoms with Crippen LogP contribution >= 0.6 is 11.3 Å². The summed E-state index contributed by atoms with van der Waals surface area (Å²) < 4.78 is 5.82. The van der Waals surface area contributed by atoms with E-state index in [0.29, 0.717) is 17.9 Å². The lowest BCUT2D eigenvalue weighted by molar-refractivity contribution is 0.0971. The van der Waals surface area contributed by atoms with E-state index in [2.05, 4.69) is 30.9 Å². The summed E-state index contributed by atoms with van der Waals surface area (Å²) in [5, 5.41) is 12.0. The Kier molecular flexibility index (Phi) is 8.02. The lowest BCUT2D eigenvalue weighted by Crippen LogP contribution is -2.43. The zero-order valence-electron chi connectivity index (χ0n) is 18.2. The van der Waals surface area contributed by atoms with Gasteiger partial charge >= 0.3 is 0 Å². The van der Waals surface area contributed by atoms with Gasteiger partial charge in [-0.15, -0.1) is 11.3 Å². The van der Waals surface area contributed by atoms with Gasteiger partial charge in [-0.05, 0) is 43.5 Å². The third kappa shape index (κ3) is 7.15. The van der Waals surface area contributed by atoms with Crippen LogP contribution in [0.5, 0.6) is 5.75 Å². The van der Waals surface area contributed by atoms with Gasteiger partial charge in [0, 0.05) is 30.6 Å². The Hall–Kier alpha value is -3.72. The zero-order valence-corrected chi connectivity index (χ0v) is 19.0. The van der Waals surface area contributed by atoms with Gasteiger partial charge in [0.25, 0.3) is 11.9 Å². The third-order valence-corrected chi connectivity index (χ3v) is 5.53. The lowest BCUT2D eigenvalue weighted by Gasteiger charge is -2.16. The number of aromatic nitrogens is 1. The van der Waals surface area contributed by atoms with Crippen molar-refractivity contribution in [3.63, 3.8) is 0 Å². The predicted octanol–water partition coefficient (Wildman–Crippen LogP) is 3.51. The molecule has 33 heavy (non-hydrogen) atoms. The molecule has 0 bridgehead atoms. The lowest BCUT2D eigenvalue weighted by atomic mass is 10.2. The topological polar surface area (TPSA) is 100 Å². The van der Waals surface area contributed by atoms with Gasteiger partial charge in [-0.3, -0.25) is 10.1 Å².